The highest BCUT2D eigenvalue weighted by molar-refractivity contribution is 8.07. The van der Waals surface area contributed by atoms with Crippen molar-refractivity contribution in [1.82, 2.24) is 0 Å². The molecule has 1 nitrogen and oxygen atoms in total. The number of thioether (sulfide) groups is 1. The molecule has 1 aliphatic carbocycles. The molecule has 1 N–H and O–H groups in total. The first-order chi connectivity index (χ1) is 6.74. The maximum absolute atomic E-state index is 7.77. The Kier molecular flexibility index (Phi) is 2.30. The van der Waals surface area contributed by atoms with Crippen LogP contribution in [0.15, 0.2) is 36.9 Å². The second kappa shape index (κ2) is 3.46. The number of nitrogens with one attached hydrogen (secondary N) is 1. The molecule has 70 valence electrons. The summed E-state index contributed by atoms with van der Waals surface area (Å²) in [5.74, 6) is 0. The number of benzene rings is 1. The first kappa shape index (κ1) is 9.28. The van der Waals surface area contributed by atoms with E-state index in [0.717, 1.165) is 16.0 Å². The van der Waals surface area contributed by atoms with Gasteiger partial charge in [0.05, 0.1) is 5.71 Å². The predicted octanol–water partition coefficient (Wildman–Crippen LogP) is 3.44. The van der Waals surface area contributed by atoms with Gasteiger partial charge in [-0.05, 0) is 23.5 Å². The molecule has 0 saturated heterocycles. The number of fused-ring (bicyclic) bond motifs is 1. The first-order valence-electron chi connectivity index (χ1n) is 4.37. The van der Waals surface area contributed by atoms with Crippen molar-refractivity contribution in [2.75, 3.05) is 6.26 Å². The molecule has 0 amide bonds. The van der Waals surface area contributed by atoms with Gasteiger partial charge in [0, 0.05) is 10.5 Å². The van der Waals surface area contributed by atoms with Crippen LogP contribution in [0.2, 0.25) is 0 Å². The molecule has 0 bridgehead atoms. The third-order valence-electron chi connectivity index (χ3n) is 2.34. The number of allylic oxidation sites excluding steroid dienone is 2. The highest BCUT2D eigenvalue weighted by Crippen LogP contribution is 2.35. The fraction of sp³-hybridized carbons (Fsp3) is 0.0833. The molecule has 0 heterocycles. The van der Waals surface area contributed by atoms with Crippen LogP contribution in [-0.4, -0.2) is 12.0 Å². The van der Waals surface area contributed by atoms with Crippen LogP contribution in [-0.2, 0) is 0 Å². The molecule has 14 heavy (non-hydrogen) atoms. The smallest absolute Gasteiger partial charge is 0.0623 e. The second-order valence-corrected chi connectivity index (χ2v) is 4.00. The monoisotopic (exact) mass is 201 g/mol. The van der Waals surface area contributed by atoms with Gasteiger partial charge in [0.1, 0.15) is 0 Å². The van der Waals surface area contributed by atoms with Gasteiger partial charge < -0.3 is 5.41 Å². The maximum Gasteiger partial charge on any atom is 0.0623 e. The van der Waals surface area contributed by atoms with Crippen molar-refractivity contribution in [3.8, 4) is 0 Å². The lowest BCUT2D eigenvalue weighted by molar-refractivity contribution is 1.50. The summed E-state index contributed by atoms with van der Waals surface area (Å²) in [7, 11) is 0. The maximum atomic E-state index is 7.77. The Morgan fingerprint density at radius 1 is 1.21 bits per heavy atom. The van der Waals surface area contributed by atoms with Crippen LogP contribution in [0.1, 0.15) is 11.1 Å². The standard InChI is InChI=1S/C12H11NS/c1-8-9-5-3-4-6-10(9)12(14-2)7-11(8)13/h3-7,13H,1H2,2H3. The molecular weight excluding hydrogens is 190 g/mol. The lowest BCUT2D eigenvalue weighted by atomic mass is 9.92. The summed E-state index contributed by atoms with van der Waals surface area (Å²) in [6.07, 6.45) is 3.92. The molecule has 0 unspecified atom stereocenters. The summed E-state index contributed by atoms with van der Waals surface area (Å²) >= 11 is 1.67. The van der Waals surface area contributed by atoms with Crippen LogP contribution in [0.4, 0.5) is 0 Å². The van der Waals surface area contributed by atoms with E-state index in [-0.39, 0.29) is 0 Å². The molecule has 2 heteroatoms. The largest absolute Gasteiger partial charge is 0.300 e. The third-order valence-corrected chi connectivity index (χ3v) is 3.12. The van der Waals surface area contributed by atoms with Gasteiger partial charge in [-0.15, -0.1) is 11.8 Å². The molecule has 1 aliphatic rings. The molecule has 0 aromatic heterocycles. The lowest BCUT2D eigenvalue weighted by Gasteiger charge is -2.18. The second-order valence-electron chi connectivity index (χ2n) is 3.15. The van der Waals surface area contributed by atoms with Gasteiger partial charge in [0.25, 0.3) is 0 Å². The van der Waals surface area contributed by atoms with Crippen molar-refractivity contribution < 1.29 is 0 Å². The zero-order valence-electron chi connectivity index (χ0n) is 8.00. The van der Waals surface area contributed by atoms with E-state index in [4.69, 9.17) is 5.41 Å². The molecule has 2 rings (SSSR count). The van der Waals surface area contributed by atoms with E-state index in [2.05, 4.69) is 12.6 Å². The van der Waals surface area contributed by atoms with Crippen LogP contribution in [0.3, 0.4) is 0 Å². The van der Waals surface area contributed by atoms with E-state index in [9.17, 15) is 0 Å². The Bertz CT molecular complexity index is 443. The Morgan fingerprint density at radius 3 is 2.50 bits per heavy atom. The van der Waals surface area contributed by atoms with E-state index in [1.807, 2.05) is 30.5 Å². The molecule has 0 fully saturated rings. The summed E-state index contributed by atoms with van der Waals surface area (Å²) < 4.78 is 0. The molecule has 0 radical (unpaired) electrons. The molecule has 0 atom stereocenters. The highest BCUT2D eigenvalue weighted by Gasteiger charge is 2.17. The minimum atomic E-state index is 0.521. The van der Waals surface area contributed by atoms with Gasteiger partial charge in [-0.25, -0.2) is 0 Å². The first-order valence-corrected chi connectivity index (χ1v) is 5.60. The Hall–Kier alpha value is -1.28. The fourth-order valence-electron chi connectivity index (χ4n) is 1.57. The molecule has 0 saturated carbocycles. The lowest BCUT2D eigenvalue weighted by Crippen LogP contribution is -2.05. The third kappa shape index (κ3) is 1.32. The van der Waals surface area contributed by atoms with E-state index in [1.165, 1.54) is 5.56 Å². The zero-order valence-corrected chi connectivity index (χ0v) is 8.82. The molecule has 1 aromatic carbocycles. The number of hydrogen-bond donors (Lipinski definition) is 1. The normalized spacial score (nSPS) is 15.1. The van der Waals surface area contributed by atoms with Crippen molar-refractivity contribution in [3.63, 3.8) is 0 Å². The van der Waals surface area contributed by atoms with Crippen LogP contribution in [0.25, 0.3) is 10.5 Å². The minimum Gasteiger partial charge on any atom is -0.300 e. The van der Waals surface area contributed by atoms with E-state index in [1.54, 1.807) is 11.8 Å². The van der Waals surface area contributed by atoms with Crippen molar-refractivity contribution in [2.24, 2.45) is 0 Å². The topological polar surface area (TPSA) is 23.9 Å². The van der Waals surface area contributed by atoms with Gasteiger partial charge in [-0.3, -0.25) is 0 Å². The van der Waals surface area contributed by atoms with Crippen LogP contribution in [0.5, 0.6) is 0 Å². The van der Waals surface area contributed by atoms with Crippen molar-refractivity contribution in [3.05, 3.63) is 48.0 Å². The molecule has 1 aromatic rings. The van der Waals surface area contributed by atoms with E-state index >= 15 is 0 Å². The van der Waals surface area contributed by atoms with Crippen molar-refractivity contribution >= 4 is 28.0 Å². The van der Waals surface area contributed by atoms with Crippen LogP contribution < -0.4 is 0 Å². The fourth-order valence-corrected chi connectivity index (χ4v) is 2.20. The van der Waals surface area contributed by atoms with E-state index < -0.39 is 0 Å². The van der Waals surface area contributed by atoms with Gasteiger partial charge in [0.15, 0.2) is 0 Å². The van der Waals surface area contributed by atoms with E-state index in [0.29, 0.717) is 5.71 Å². The average molecular weight is 201 g/mol. The van der Waals surface area contributed by atoms with Crippen molar-refractivity contribution in [1.29, 1.82) is 5.41 Å². The van der Waals surface area contributed by atoms with Gasteiger partial charge in [-0.1, -0.05) is 30.8 Å². The summed E-state index contributed by atoms with van der Waals surface area (Å²) in [5.41, 5.74) is 3.62. The predicted molar refractivity (Wildman–Crippen MR) is 64.7 cm³/mol. The number of hydrogen-bond acceptors (Lipinski definition) is 2. The SMILES string of the molecule is C=C1C(=N)C=C(SC)c2ccccc21. The summed E-state index contributed by atoms with van der Waals surface area (Å²) in [4.78, 5) is 1.15. The van der Waals surface area contributed by atoms with Crippen LogP contribution in [0, 0.1) is 5.41 Å². The zero-order chi connectivity index (χ0) is 10.1. The van der Waals surface area contributed by atoms with Gasteiger partial charge >= 0.3 is 0 Å². The highest BCUT2D eigenvalue weighted by atomic mass is 32.2. The van der Waals surface area contributed by atoms with Crippen LogP contribution >= 0.6 is 11.8 Å². The Labute approximate surface area is 88.0 Å². The van der Waals surface area contributed by atoms with Gasteiger partial charge in [-0.2, -0.15) is 0 Å². The Morgan fingerprint density at radius 2 is 1.86 bits per heavy atom. The Balaban J connectivity index is 2.66. The van der Waals surface area contributed by atoms with Gasteiger partial charge in [0.2, 0.25) is 0 Å². The number of rotatable bonds is 1. The average Bonchev–Trinajstić information content (AvgIpc) is 2.23. The molecular formula is C12H11NS. The minimum absolute atomic E-state index is 0.521. The molecule has 0 spiro atoms. The summed E-state index contributed by atoms with van der Waals surface area (Å²) in [5, 5.41) is 7.77. The van der Waals surface area contributed by atoms with Crippen molar-refractivity contribution in [2.45, 2.75) is 0 Å². The summed E-state index contributed by atoms with van der Waals surface area (Å²) in [6, 6.07) is 8.11. The summed E-state index contributed by atoms with van der Waals surface area (Å²) in [6.45, 7) is 3.93. The molecule has 0 aliphatic heterocycles. The quantitative estimate of drug-likeness (QED) is 0.739.